The molecule has 0 radical (unpaired) electrons. The summed E-state index contributed by atoms with van der Waals surface area (Å²) in [5.41, 5.74) is 2.66. The standard InChI is InChI=1S/C26H26Cl2N4O3/c1-26(2,19-11-17(13-29)24(23(28)12-19)34-10-8-27)18-3-5-22(6-4-18)35-16-20-7-9-30-25(31-20)32-14-21(33)15-32/h3-7,9,11-12,21,33H,8,10,14-16H2,1-2H3. The van der Waals surface area contributed by atoms with Crippen LogP contribution in [0.2, 0.25) is 5.02 Å². The van der Waals surface area contributed by atoms with Gasteiger partial charge in [-0.1, -0.05) is 37.6 Å². The first-order valence-corrected chi connectivity index (χ1v) is 12.1. The van der Waals surface area contributed by atoms with E-state index in [0.717, 1.165) is 16.8 Å². The van der Waals surface area contributed by atoms with Gasteiger partial charge in [-0.3, -0.25) is 0 Å². The highest BCUT2D eigenvalue weighted by molar-refractivity contribution is 6.32. The molecule has 0 bridgehead atoms. The predicted molar refractivity (Wildman–Crippen MR) is 136 cm³/mol. The van der Waals surface area contributed by atoms with E-state index in [-0.39, 0.29) is 12.7 Å². The molecule has 0 amide bonds. The summed E-state index contributed by atoms with van der Waals surface area (Å²) in [6.07, 6.45) is 1.38. The van der Waals surface area contributed by atoms with Crippen molar-refractivity contribution < 1.29 is 14.6 Å². The largest absolute Gasteiger partial charge is 0.489 e. The molecule has 1 N–H and O–H groups in total. The van der Waals surface area contributed by atoms with Gasteiger partial charge in [0.25, 0.3) is 0 Å². The molecule has 2 aromatic carbocycles. The Morgan fingerprint density at radius 2 is 1.89 bits per heavy atom. The van der Waals surface area contributed by atoms with Crippen LogP contribution < -0.4 is 14.4 Å². The number of β-amino-alcohol motifs (C(OH)–C–C–N with tert-alkyl or cyclic N) is 1. The van der Waals surface area contributed by atoms with Gasteiger partial charge in [0.05, 0.1) is 28.3 Å². The van der Waals surface area contributed by atoms with Crippen molar-refractivity contribution in [1.82, 2.24) is 9.97 Å². The number of nitrogens with zero attached hydrogens (tertiary/aromatic N) is 4. The van der Waals surface area contributed by atoms with Gasteiger partial charge in [0.1, 0.15) is 25.0 Å². The molecule has 7 nitrogen and oxygen atoms in total. The summed E-state index contributed by atoms with van der Waals surface area (Å²) in [6.45, 7) is 5.82. The molecule has 0 atom stereocenters. The summed E-state index contributed by atoms with van der Waals surface area (Å²) in [5, 5.41) is 19.5. The Balaban J connectivity index is 1.46. The van der Waals surface area contributed by atoms with Gasteiger partial charge < -0.3 is 19.5 Å². The monoisotopic (exact) mass is 512 g/mol. The minimum atomic E-state index is -0.415. The van der Waals surface area contributed by atoms with Crippen molar-refractivity contribution in [1.29, 1.82) is 5.26 Å². The second-order valence-electron chi connectivity index (χ2n) is 8.83. The summed E-state index contributed by atoms with van der Waals surface area (Å²) in [4.78, 5) is 10.7. The molecule has 1 aliphatic heterocycles. The molecule has 0 saturated carbocycles. The van der Waals surface area contributed by atoms with Gasteiger partial charge in [0.2, 0.25) is 5.95 Å². The average Bonchev–Trinajstić information content (AvgIpc) is 2.84. The zero-order valence-corrected chi connectivity index (χ0v) is 21.1. The van der Waals surface area contributed by atoms with Crippen molar-refractivity contribution >= 4 is 29.2 Å². The average molecular weight is 513 g/mol. The Labute approximate surface area is 214 Å². The first-order valence-electron chi connectivity index (χ1n) is 11.2. The van der Waals surface area contributed by atoms with Gasteiger partial charge in [-0.2, -0.15) is 5.26 Å². The minimum Gasteiger partial charge on any atom is -0.489 e. The van der Waals surface area contributed by atoms with Crippen LogP contribution in [-0.2, 0) is 12.0 Å². The van der Waals surface area contributed by atoms with Gasteiger partial charge in [-0.15, -0.1) is 11.6 Å². The quantitative estimate of drug-likeness (QED) is 0.415. The van der Waals surface area contributed by atoms with Crippen molar-refractivity contribution in [2.45, 2.75) is 32.0 Å². The summed E-state index contributed by atoms with van der Waals surface area (Å²) in [5.74, 6) is 1.98. The zero-order chi connectivity index (χ0) is 25.0. The fourth-order valence-corrected chi connectivity index (χ4v) is 4.20. The second-order valence-corrected chi connectivity index (χ2v) is 9.61. The molecule has 182 valence electrons. The number of aromatic nitrogens is 2. The Hall–Kier alpha value is -3.05. The van der Waals surface area contributed by atoms with Crippen LogP contribution in [0.3, 0.4) is 0 Å². The number of nitriles is 1. The molecule has 0 aliphatic carbocycles. The van der Waals surface area contributed by atoms with Crippen LogP contribution in [0.1, 0.15) is 36.2 Å². The predicted octanol–water partition coefficient (Wildman–Crippen LogP) is 4.71. The van der Waals surface area contributed by atoms with Gasteiger partial charge in [-0.25, -0.2) is 9.97 Å². The van der Waals surface area contributed by atoms with Crippen molar-refractivity contribution in [3.63, 3.8) is 0 Å². The van der Waals surface area contributed by atoms with E-state index < -0.39 is 5.41 Å². The number of anilines is 1. The van der Waals surface area contributed by atoms with E-state index in [1.54, 1.807) is 6.20 Å². The third-order valence-corrected chi connectivity index (χ3v) is 6.45. The maximum atomic E-state index is 9.61. The number of hydrogen-bond donors (Lipinski definition) is 1. The number of hydrogen-bond acceptors (Lipinski definition) is 7. The Morgan fingerprint density at radius 1 is 1.14 bits per heavy atom. The summed E-state index contributed by atoms with van der Waals surface area (Å²) in [6, 6.07) is 15.5. The smallest absolute Gasteiger partial charge is 0.225 e. The normalized spacial score (nSPS) is 13.8. The van der Waals surface area contributed by atoms with E-state index in [0.29, 0.717) is 53.6 Å². The van der Waals surface area contributed by atoms with Crippen LogP contribution in [0.15, 0.2) is 48.7 Å². The van der Waals surface area contributed by atoms with Crippen LogP contribution in [0.25, 0.3) is 0 Å². The topological polar surface area (TPSA) is 91.5 Å². The van der Waals surface area contributed by atoms with Gasteiger partial charge in [0.15, 0.2) is 5.75 Å². The lowest BCUT2D eigenvalue weighted by Crippen LogP contribution is -2.51. The molecule has 1 aromatic heterocycles. The Kier molecular flexibility index (Phi) is 7.66. The van der Waals surface area contributed by atoms with Crippen LogP contribution >= 0.6 is 23.2 Å². The lowest BCUT2D eigenvalue weighted by molar-refractivity contribution is 0.140. The van der Waals surface area contributed by atoms with Crippen molar-refractivity contribution in [2.24, 2.45) is 0 Å². The fourth-order valence-electron chi connectivity index (χ4n) is 3.85. The van der Waals surface area contributed by atoms with Gasteiger partial charge in [0, 0.05) is 24.7 Å². The highest BCUT2D eigenvalue weighted by Crippen LogP contribution is 2.38. The first-order chi connectivity index (χ1) is 16.8. The molecule has 0 unspecified atom stereocenters. The molecule has 1 saturated heterocycles. The number of aliphatic hydroxyl groups is 1. The van der Waals surface area contributed by atoms with E-state index in [2.05, 4.69) is 29.9 Å². The number of ether oxygens (including phenoxy) is 2. The lowest BCUT2D eigenvalue weighted by atomic mass is 9.77. The maximum Gasteiger partial charge on any atom is 0.225 e. The van der Waals surface area contributed by atoms with Crippen LogP contribution in [0, 0.1) is 11.3 Å². The number of alkyl halides is 1. The summed E-state index contributed by atoms with van der Waals surface area (Å²) >= 11 is 12.2. The summed E-state index contributed by atoms with van der Waals surface area (Å²) in [7, 11) is 0. The van der Waals surface area contributed by atoms with E-state index in [1.807, 2.05) is 47.4 Å². The van der Waals surface area contributed by atoms with Crippen molar-refractivity contribution in [3.8, 4) is 17.6 Å². The molecular weight excluding hydrogens is 487 g/mol. The molecule has 1 fully saturated rings. The van der Waals surface area contributed by atoms with Crippen molar-refractivity contribution in [2.75, 3.05) is 30.5 Å². The highest BCUT2D eigenvalue weighted by atomic mass is 35.5. The first kappa shape index (κ1) is 25.1. The number of benzene rings is 2. The number of halogens is 2. The fraction of sp³-hybridized carbons (Fsp3) is 0.346. The number of rotatable bonds is 9. The third-order valence-electron chi connectivity index (χ3n) is 6.02. The minimum absolute atomic E-state index is 0.276. The number of aliphatic hydroxyl groups excluding tert-OH is 1. The highest BCUT2D eigenvalue weighted by Gasteiger charge is 2.27. The molecule has 0 spiro atoms. The van der Waals surface area contributed by atoms with Gasteiger partial charge >= 0.3 is 0 Å². The Morgan fingerprint density at radius 3 is 2.54 bits per heavy atom. The molecule has 2 heterocycles. The van der Waals surface area contributed by atoms with E-state index in [9.17, 15) is 10.4 Å². The molecule has 1 aliphatic rings. The van der Waals surface area contributed by atoms with E-state index in [4.69, 9.17) is 32.7 Å². The Bertz CT molecular complexity index is 1220. The molecule has 4 rings (SSSR count). The SMILES string of the molecule is CC(C)(c1ccc(OCc2ccnc(N3CC(O)C3)n2)cc1)c1cc(Cl)c(OCCCl)c(C#N)c1. The molecule has 9 heteroatoms. The molecule has 35 heavy (non-hydrogen) atoms. The maximum absolute atomic E-state index is 9.61. The molecule has 3 aromatic rings. The zero-order valence-electron chi connectivity index (χ0n) is 19.5. The third kappa shape index (κ3) is 5.62. The lowest BCUT2D eigenvalue weighted by Gasteiger charge is -2.35. The van der Waals surface area contributed by atoms with E-state index >= 15 is 0 Å². The molecular formula is C26H26Cl2N4O3. The van der Waals surface area contributed by atoms with Gasteiger partial charge in [-0.05, 0) is 41.5 Å². The van der Waals surface area contributed by atoms with E-state index in [1.165, 1.54) is 0 Å². The summed E-state index contributed by atoms with van der Waals surface area (Å²) < 4.78 is 11.5. The van der Waals surface area contributed by atoms with Crippen LogP contribution in [0.5, 0.6) is 11.5 Å². The second kappa shape index (κ2) is 10.7. The van der Waals surface area contributed by atoms with Crippen LogP contribution in [0.4, 0.5) is 5.95 Å². The van der Waals surface area contributed by atoms with Crippen molar-refractivity contribution in [3.05, 3.63) is 76.1 Å². The van der Waals surface area contributed by atoms with Crippen LogP contribution in [-0.4, -0.2) is 46.8 Å².